The van der Waals surface area contributed by atoms with E-state index in [2.05, 4.69) is 10.6 Å². The summed E-state index contributed by atoms with van der Waals surface area (Å²) in [6, 6.07) is 0.328. The first-order chi connectivity index (χ1) is 8.16. The Morgan fingerprint density at radius 1 is 1.24 bits per heavy atom. The molecular weight excluding hydrogens is 214 g/mol. The van der Waals surface area contributed by atoms with Crippen molar-refractivity contribution < 1.29 is 4.79 Å². The summed E-state index contributed by atoms with van der Waals surface area (Å²) in [6.45, 7) is 2.86. The van der Waals surface area contributed by atoms with Crippen LogP contribution in [0.5, 0.6) is 0 Å². The van der Waals surface area contributed by atoms with Gasteiger partial charge in [0.2, 0.25) is 5.91 Å². The van der Waals surface area contributed by atoms with Crippen LogP contribution in [0, 0.1) is 5.92 Å². The molecular formula is C13H25N3O. The molecule has 2 rings (SSSR count). The Balaban J connectivity index is 1.80. The van der Waals surface area contributed by atoms with Crippen molar-refractivity contribution >= 4 is 5.91 Å². The van der Waals surface area contributed by atoms with E-state index < -0.39 is 6.04 Å². The van der Waals surface area contributed by atoms with Crippen molar-refractivity contribution in [1.82, 2.24) is 10.6 Å². The monoisotopic (exact) mass is 239 g/mol. The SMILES string of the molecule is CC(N)C(=O)N[C@H]1CCCCC1NCC1CC1. The van der Waals surface area contributed by atoms with Crippen molar-refractivity contribution in [3.63, 3.8) is 0 Å². The molecule has 2 aliphatic rings. The van der Waals surface area contributed by atoms with Crippen molar-refractivity contribution in [2.24, 2.45) is 11.7 Å². The summed E-state index contributed by atoms with van der Waals surface area (Å²) in [5.41, 5.74) is 5.60. The molecule has 4 heteroatoms. The minimum atomic E-state index is -0.402. The molecule has 0 aliphatic heterocycles. The van der Waals surface area contributed by atoms with Crippen LogP contribution in [0.4, 0.5) is 0 Å². The van der Waals surface area contributed by atoms with E-state index in [0.29, 0.717) is 6.04 Å². The maximum Gasteiger partial charge on any atom is 0.236 e. The first-order valence-electron chi connectivity index (χ1n) is 6.96. The van der Waals surface area contributed by atoms with Crippen LogP contribution in [-0.2, 0) is 4.79 Å². The molecule has 98 valence electrons. The zero-order valence-electron chi connectivity index (χ0n) is 10.7. The summed E-state index contributed by atoms with van der Waals surface area (Å²) < 4.78 is 0. The zero-order chi connectivity index (χ0) is 12.3. The van der Waals surface area contributed by atoms with Crippen LogP contribution in [-0.4, -0.2) is 30.6 Å². The van der Waals surface area contributed by atoms with Crippen molar-refractivity contribution in [3.8, 4) is 0 Å². The molecule has 0 radical (unpaired) electrons. The van der Waals surface area contributed by atoms with Gasteiger partial charge in [0.15, 0.2) is 0 Å². The Morgan fingerprint density at radius 2 is 1.88 bits per heavy atom. The molecule has 17 heavy (non-hydrogen) atoms. The number of carbonyl (C=O) groups excluding carboxylic acids is 1. The predicted molar refractivity (Wildman–Crippen MR) is 68.6 cm³/mol. The van der Waals surface area contributed by atoms with Gasteiger partial charge in [-0.2, -0.15) is 0 Å². The second kappa shape index (κ2) is 5.83. The third-order valence-electron chi connectivity index (χ3n) is 3.87. The first kappa shape index (κ1) is 12.8. The quantitative estimate of drug-likeness (QED) is 0.663. The lowest BCUT2D eigenvalue weighted by Crippen LogP contribution is -2.54. The molecule has 1 amide bonds. The molecule has 0 spiro atoms. The normalized spacial score (nSPS) is 30.9. The van der Waals surface area contributed by atoms with Crippen molar-refractivity contribution in [1.29, 1.82) is 0 Å². The van der Waals surface area contributed by atoms with Crippen LogP contribution in [0.3, 0.4) is 0 Å². The minimum absolute atomic E-state index is 0.0184. The molecule has 2 fully saturated rings. The fourth-order valence-corrected chi connectivity index (χ4v) is 2.50. The summed E-state index contributed by atoms with van der Waals surface area (Å²) in [6.07, 6.45) is 7.49. The van der Waals surface area contributed by atoms with E-state index in [-0.39, 0.29) is 11.9 Å². The summed E-state index contributed by atoms with van der Waals surface area (Å²) in [7, 11) is 0. The van der Waals surface area contributed by atoms with Crippen LogP contribution >= 0.6 is 0 Å². The summed E-state index contributed by atoms with van der Waals surface area (Å²) in [5, 5.41) is 6.71. The summed E-state index contributed by atoms with van der Waals surface area (Å²) >= 11 is 0. The number of nitrogens with two attached hydrogens (primary N) is 1. The largest absolute Gasteiger partial charge is 0.350 e. The minimum Gasteiger partial charge on any atom is -0.350 e. The summed E-state index contributed by atoms with van der Waals surface area (Å²) in [5.74, 6) is 0.872. The van der Waals surface area contributed by atoms with Gasteiger partial charge < -0.3 is 16.4 Å². The molecule has 4 N–H and O–H groups in total. The average molecular weight is 239 g/mol. The third kappa shape index (κ3) is 3.96. The van der Waals surface area contributed by atoms with E-state index in [0.717, 1.165) is 18.9 Å². The van der Waals surface area contributed by atoms with Gasteiger partial charge in [-0.3, -0.25) is 4.79 Å². The first-order valence-corrected chi connectivity index (χ1v) is 6.96. The molecule has 2 aliphatic carbocycles. The Bertz CT molecular complexity index is 263. The zero-order valence-corrected chi connectivity index (χ0v) is 10.7. The van der Waals surface area contributed by atoms with Gasteiger partial charge in [-0.05, 0) is 45.1 Å². The highest BCUT2D eigenvalue weighted by Crippen LogP contribution is 2.28. The van der Waals surface area contributed by atoms with Crippen LogP contribution in [0.15, 0.2) is 0 Å². The van der Waals surface area contributed by atoms with Crippen molar-refractivity contribution in [3.05, 3.63) is 0 Å². The van der Waals surface area contributed by atoms with Gasteiger partial charge in [0.25, 0.3) is 0 Å². The molecule has 0 saturated heterocycles. The Morgan fingerprint density at radius 3 is 2.47 bits per heavy atom. The van der Waals surface area contributed by atoms with Crippen LogP contribution < -0.4 is 16.4 Å². The van der Waals surface area contributed by atoms with Crippen molar-refractivity contribution in [2.45, 2.75) is 63.6 Å². The molecule has 0 heterocycles. The number of rotatable bonds is 5. The summed E-state index contributed by atoms with van der Waals surface area (Å²) in [4.78, 5) is 11.6. The van der Waals surface area contributed by atoms with Gasteiger partial charge in [-0.15, -0.1) is 0 Å². The van der Waals surface area contributed by atoms with E-state index in [9.17, 15) is 4.79 Å². The maximum atomic E-state index is 11.6. The van der Waals surface area contributed by atoms with Crippen LogP contribution in [0.2, 0.25) is 0 Å². The molecule has 0 aromatic rings. The molecule has 0 bridgehead atoms. The molecule has 2 unspecified atom stereocenters. The smallest absolute Gasteiger partial charge is 0.236 e. The van der Waals surface area contributed by atoms with Gasteiger partial charge in [0, 0.05) is 12.1 Å². The molecule has 0 aromatic carbocycles. The van der Waals surface area contributed by atoms with Crippen molar-refractivity contribution in [2.75, 3.05) is 6.54 Å². The van der Waals surface area contributed by atoms with E-state index in [4.69, 9.17) is 5.73 Å². The van der Waals surface area contributed by atoms with E-state index in [1.807, 2.05) is 0 Å². The predicted octanol–water partition coefficient (Wildman–Crippen LogP) is 0.761. The standard InChI is InChI=1S/C13H25N3O/c1-9(14)13(17)16-12-5-3-2-4-11(12)15-8-10-6-7-10/h9-12,15H,2-8,14H2,1H3,(H,16,17)/t9?,11?,12-/m0/s1. The number of hydrogen-bond donors (Lipinski definition) is 3. The molecule has 2 saturated carbocycles. The number of hydrogen-bond acceptors (Lipinski definition) is 3. The fourth-order valence-electron chi connectivity index (χ4n) is 2.50. The molecule has 3 atom stereocenters. The van der Waals surface area contributed by atoms with Gasteiger partial charge in [0.05, 0.1) is 6.04 Å². The Labute approximate surface area is 104 Å². The van der Waals surface area contributed by atoms with Crippen LogP contribution in [0.1, 0.15) is 45.4 Å². The molecule has 0 aromatic heterocycles. The van der Waals surface area contributed by atoms with Gasteiger partial charge in [0.1, 0.15) is 0 Å². The second-order valence-corrected chi connectivity index (χ2v) is 5.65. The highest BCUT2D eigenvalue weighted by Gasteiger charge is 2.29. The lowest BCUT2D eigenvalue weighted by Gasteiger charge is -2.33. The number of nitrogens with one attached hydrogen (secondary N) is 2. The average Bonchev–Trinajstić information content (AvgIpc) is 3.11. The van der Waals surface area contributed by atoms with E-state index >= 15 is 0 Å². The topological polar surface area (TPSA) is 67.2 Å². The fraction of sp³-hybridized carbons (Fsp3) is 0.923. The van der Waals surface area contributed by atoms with Gasteiger partial charge in [-0.1, -0.05) is 12.8 Å². The third-order valence-corrected chi connectivity index (χ3v) is 3.87. The van der Waals surface area contributed by atoms with Gasteiger partial charge in [-0.25, -0.2) is 0 Å². The highest BCUT2D eigenvalue weighted by molar-refractivity contribution is 5.81. The second-order valence-electron chi connectivity index (χ2n) is 5.65. The number of amides is 1. The lowest BCUT2D eigenvalue weighted by molar-refractivity contribution is -0.123. The van der Waals surface area contributed by atoms with Crippen LogP contribution in [0.25, 0.3) is 0 Å². The van der Waals surface area contributed by atoms with Gasteiger partial charge >= 0.3 is 0 Å². The number of carbonyl (C=O) groups is 1. The van der Waals surface area contributed by atoms with E-state index in [1.165, 1.54) is 32.1 Å². The Kier molecular flexibility index (Phi) is 4.40. The molecule has 4 nitrogen and oxygen atoms in total. The maximum absolute atomic E-state index is 11.6. The lowest BCUT2D eigenvalue weighted by atomic mass is 9.90. The highest BCUT2D eigenvalue weighted by atomic mass is 16.2. The Hall–Kier alpha value is -0.610. The van der Waals surface area contributed by atoms with E-state index in [1.54, 1.807) is 6.92 Å².